The molecule has 0 saturated heterocycles. The molecule has 8 nitrogen and oxygen atoms in total. The van der Waals surface area contributed by atoms with Crippen molar-refractivity contribution < 1.29 is 24.2 Å². The van der Waals surface area contributed by atoms with Gasteiger partial charge in [-0.3, -0.25) is 9.59 Å². The lowest BCUT2D eigenvalue weighted by atomic mass is 10.0. The summed E-state index contributed by atoms with van der Waals surface area (Å²) < 4.78 is 5.21. The number of hydrogen-bond donors (Lipinski definition) is 3. The van der Waals surface area contributed by atoms with Gasteiger partial charge in [0.15, 0.2) is 0 Å². The molecule has 1 aromatic rings. The van der Waals surface area contributed by atoms with E-state index in [4.69, 9.17) is 11.2 Å². The maximum Gasteiger partial charge on any atom is 0.408 e. The van der Waals surface area contributed by atoms with Gasteiger partial charge in [0.2, 0.25) is 11.8 Å². The Balaban J connectivity index is 3.35. The lowest BCUT2D eigenvalue weighted by molar-refractivity contribution is -0.142. The first-order valence-electron chi connectivity index (χ1n) is 11.4. The third-order valence-corrected chi connectivity index (χ3v) is 4.84. The molecule has 0 aliphatic heterocycles. The van der Waals surface area contributed by atoms with Crippen LogP contribution in [0.15, 0.2) is 36.9 Å². The Morgan fingerprint density at radius 3 is 2.32 bits per heavy atom. The van der Waals surface area contributed by atoms with E-state index in [9.17, 15) is 19.5 Å². The lowest BCUT2D eigenvalue weighted by Crippen LogP contribution is -2.54. The monoisotopic (exact) mass is 471 g/mol. The zero-order valence-electron chi connectivity index (χ0n) is 20.8. The van der Waals surface area contributed by atoms with Gasteiger partial charge in [-0.1, -0.05) is 37.5 Å². The van der Waals surface area contributed by atoms with E-state index in [-0.39, 0.29) is 12.6 Å². The normalized spacial score (nSPS) is 13.6. The fourth-order valence-electron chi connectivity index (χ4n) is 3.36. The molecule has 0 aliphatic carbocycles. The van der Waals surface area contributed by atoms with Crippen molar-refractivity contribution in [2.45, 2.75) is 71.2 Å². The molecule has 8 heteroatoms. The third-order valence-electron chi connectivity index (χ3n) is 4.84. The number of nitrogens with zero attached hydrogens (tertiary/aromatic N) is 1. The van der Waals surface area contributed by atoms with Crippen LogP contribution in [0.25, 0.3) is 0 Å². The number of ether oxygens (including phenoxy) is 1. The van der Waals surface area contributed by atoms with E-state index in [1.54, 1.807) is 45.0 Å². The molecule has 0 bridgehead atoms. The maximum atomic E-state index is 13.5. The fraction of sp³-hybridized carbons (Fsp3) is 0.500. The number of nitrogens with one attached hydrogen (secondary N) is 2. The van der Waals surface area contributed by atoms with Crippen molar-refractivity contribution in [2.24, 2.45) is 0 Å². The number of amides is 3. The summed E-state index contributed by atoms with van der Waals surface area (Å²) in [6.07, 6.45) is 7.72. The van der Waals surface area contributed by atoms with Crippen LogP contribution in [0.4, 0.5) is 4.79 Å². The number of aliphatic hydroxyl groups is 1. The average molecular weight is 472 g/mol. The molecular formula is C26H37N3O5. The number of benzene rings is 1. The minimum absolute atomic E-state index is 0.00245. The summed E-state index contributed by atoms with van der Waals surface area (Å²) >= 11 is 0. The van der Waals surface area contributed by atoms with Gasteiger partial charge in [-0.2, -0.15) is 0 Å². The topological polar surface area (TPSA) is 108 Å². The second-order valence-electron chi connectivity index (χ2n) is 9.03. The van der Waals surface area contributed by atoms with Gasteiger partial charge in [0.05, 0.1) is 6.61 Å². The molecule has 3 N–H and O–H groups in total. The number of hydrogen-bond acceptors (Lipinski definition) is 5. The average Bonchev–Trinajstić information content (AvgIpc) is 2.76. The highest BCUT2D eigenvalue weighted by molar-refractivity contribution is 5.92. The minimum Gasteiger partial charge on any atom is -0.444 e. The van der Waals surface area contributed by atoms with E-state index in [2.05, 4.69) is 23.1 Å². The first kappa shape index (κ1) is 28.7. The van der Waals surface area contributed by atoms with Crippen molar-refractivity contribution in [3.63, 3.8) is 0 Å². The van der Waals surface area contributed by atoms with E-state index < -0.39 is 42.2 Å². The van der Waals surface area contributed by atoms with Crippen molar-refractivity contribution >= 4 is 17.9 Å². The molecule has 3 unspecified atom stereocenters. The smallest absolute Gasteiger partial charge is 0.408 e. The van der Waals surface area contributed by atoms with Gasteiger partial charge >= 0.3 is 6.09 Å². The summed E-state index contributed by atoms with van der Waals surface area (Å²) in [5.74, 6) is 1.48. The van der Waals surface area contributed by atoms with E-state index >= 15 is 0 Å². The fourth-order valence-corrected chi connectivity index (χ4v) is 3.36. The number of carbonyl (C=O) groups is 3. The molecule has 0 aromatic heterocycles. The maximum absolute atomic E-state index is 13.5. The summed E-state index contributed by atoms with van der Waals surface area (Å²) in [5, 5.41) is 15.2. The van der Waals surface area contributed by atoms with Gasteiger partial charge in [0, 0.05) is 18.2 Å². The van der Waals surface area contributed by atoms with E-state index in [1.165, 1.54) is 11.0 Å². The number of rotatable bonds is 11. The Morgan fingerprint density at radius 2 is 1.85 bits per heavy atom. The number of aliphatic hydroxyl groups excluding tert-OH is 1. The standard InChI is InChI=1S/C26H37N3O5/c1-8-11-18(4)27-23(31)22(20-14-12-19(10-3)13-15-20)29(16-9-2)24(32)21(17-30)28-25(33)34-26(5,6)7/h3,9,12-15,18,21-22,30H,2,8,11,16-17H2,1,4-7H3,(H,27,31)(H,28,33). The van der Waals surface area contributed by atoms with Crippen molar-refractivity contribution in [1.29, 1.82) is 0 Å². The molecule has 1 rings (SSSR count). The van der Waals surface area contributed by atoms with Crippen LogP contribution in [0.5, 0.6) is 0 Å². The van der Waals surface area contributed by atoms with Gasteiger partial charge in [0.25, 0.3) is 0 Å². The van der Waals surface area contributed by atoms with Gasteiger partial charge in [-0.05, 0) is 51.8 Å². The quantitative estimate of drug-likeness (QED) is 0.340. The van der Waals surface area contributed by atoms with Gasteiger partial charge in [0.1, 0.15) is 17.7 Å². The van der Waals surface area contributed by atoms with Crippen LogP contribution in [0.1, 0.15) is 64.6 Å². The van der Waals surface area contributed by atoms with Crippen molar-refractivity contribution in [2.75, 3.05) is 13.2 Å². The summed E-state index contributed by atoms with van der Waals surface area (Å²) in [4.78, 5) is 40.3. The van der Waals surface area contributed by atoms with Crippen LogP contribution in [0, 0.1) is 12.3 Å². The zero-order valence-corrected chi connectivity index (χ0v) is 20.8. The number of terminal acetylenes is 1. The van der Waals surface area contributed by atoms with Crippen molar-refractivity contribution in [3.8, 4) is 12.3 Å². The summed E-state index contributed by atoms with van der Waals surface area (Å²) in [5.41, 5.74) is 0.373. The molecule has 3 amide bonds. The Labute approximate surface area is 202 Å². The van der Waals surface area contributed by atoms with Crippen molar-refractivity contribution in [1.82, 2.24) is 15.5 Å². The third kappa shape index (κ3) is 8.91. The second-order valence-corrected chi connectivity index (χ2v) is 9.03. The van der Waals surface area contributed by atoms with Crippen LogP contribution < -0.4 is 10.6 Å². The van der Waals surface area contributed by atoms with Crippen LogP contribution in [-0.4, -0.2) is 58.8 Å². The van der Waals surface area contributed by atoms with Crippen LogP contribution in [0.2, 0.25) is 0 Å². The highest BCUT2D eigenvalue weighted by Gasteiger charge is 2.35. The van der Waals surface area contributed by atoms with Gasteiger partial charge < -0.3 is 25.4 Å². The predicted octanol–water partition coefficient (Wildman–Crippen LogP) is 2.91. The molecule has 1 aromatic carbocycles. The van der Waals surface area contributed by atoms with Gasteiger partial charge in [-0.15, -0.1) is 13.0 Å². The Kier molecular flexibility index (Phi) is 11.3. The van der Waals surface area contributed by atoms with Crippen LogP contribution >= 0.6 is 0 Å². The summed E-state index contributed by atoms with van der Waals surface area (Å²) in [6, 6.07) is 4.27. The number of alkyl carbamates (subject to hydrolysis) is 1. The highest BCUT2D eigenvalue weighted by atomic mass is 16.6. The minimum atomic E-state index is -1.32. The molecule has 3 atom stereocenters. The van der Waals surface area contributed by atoms with E-state index in [0.29, 0.717) is 11.1 Å². The highest BCUT2D eigenvalue weighted by Crippen LogP contribution is 2.24. The second kappa shape index (κ2) is 13.4. The molecule has 0 spiro atoms. The number of carbonyl (C=O) groups excluding carboxylic acids is 3. The Hall–Kier alpha value is -3.31. The zero-order chi connectivity index (χ0) is 25.9. The largest absolute Gasteiger partial charge is 0.444 e. The molecule has 34 heavy (non-hydrogen) atoms. The van der Waals surface area contributed by atoms with Crippen LogP contribution in [0.3, 0.4) is 0 Å². The Morgan fingerprint density at radius 1 is 1.24 bits per heavy atom. The van der Waals surface area contributed by atoms with Crippen LogP contribution in [-0.2, 0) is 14.3 Å². The van der Waals surface area contributed by atoms with Crippen molar-refractivity contribution in [3.05, 3.63) is 48.0 Å². The first-order valence-corrected chi connectivity index (χ1v) is 11.4. The molecule has 0 saturated carbocycles. The molecule has 186 valence electrons. The lowest BCUT2D eigenvalue weighted by Gasteiger charge is -2.34. The van der Waals surface area contributed by atoms with E-state index in [1.807, 2.05) is 13.8 Å². The molecule has 0 aliphatic rings. The molecule has 0 radical (unpaired) electrons. The summed E-state index contributed by atoms with van der Waals surface area (Å²) in [6.45, 7) is 12.0. The SMILES string of the molecule is C#Cc1ccc(C(C(=O)NC(C)CCC)N(CC=C)C(=O)C(CO)NC(=O)OC(C)(C)C)cc1. The predicted molar refractivity (Wildman–Crippen MR) is 132 cm³/mol. The molecular weight excluding hydrogens is 434 g/mol. The molecule has 0 heterocycles. The molecule has 0 fully saturated rings. The first-order chi connectivity index (χ1) is 16.0. The Bertz CT molecular complexity index is 883. The van der Waals surface area contributed by atoms with Gasteiger partial charge in [-0.25, -0.2) is 4.79 Å². The summed E-state index contributed by atoms with van der Waals surface area (Å²) in [7, 11) is 0. The van der Waals surface area contributed by atoms with E-state index in [0.717, 1.165) is 12.8 Å².